The first-order chi connectivity index (χ1) is 21.1. The molecule has 0 spiro atoms. The molecule has 0 aromatic heterocycles. The number of carbonyl (C=O) groups excluding carboxylic acids is 2. The molecule has 5 rings (SSSR count). The lowest BCUT2D eigenvalue weighted by Gasteiger charge is -2.29. The van der Waals surface area contributed by atoms with Gasteiger partial charge in [-0.25, -0.2) is 9.59 Å². The molecule has 4 aromatic rings. The third-order valence-electron chi connectivity index (χ3n) is 7.72. The van der Waals surface area contributed by atoms with Crippen LogP contribution in [0, 0.1) is 0 Å². The first-order valence-corrected chi connectivity index (χ1v) is 15.4. The van der Waals surface area contributed by atoms with Crippen LogP contribution >= 0.6 is 0 Å². The highest BCUT2D eigenvalue weighted by Crippen LogP contribution is 2.44. The Balaban J connectivity index is 1.36. The number of primary amides is 1. The average molecular weight is 618 g/mol. The molecule has 2 amide bonds. The molecule has 0 unspecified atom stereocenters. The highest BCUT2D eigenvalue weighted by Gasteiger charge is 2.33. The summed E-state index contributed by atoms with van der Waals surface area (Å²) < 4.78 is 39.1. The van der Waals surface area contributed by atoms with Crippen LogP contribution in [0.1, 0.15) is 29.9 Å². The number of carbonyl (C=O) groups is 3. The summed E-state index contributed by atoms with van der Waals surface area (Å²) in [5.41, 5.74) is 9.87. The highest BCUT2D eigenvalue weighted by molar-refractivity contribution is 7.86. The molecule has 228 valence electrons. The van der Waals surface area contributed by atoms with E-state index < -0.39 is 34.1 Å². The zero-order valence-corrected chi connectivity index (χ0v) is 24.4. The van der Waals surface area contributed by atoms with Gasteiger partial charge in [-0.15, -0.1) is 0 Å². The van der Waals surface area contributed by atoms with Crippen molar-refractivity contribution in [2.24, 2.45) is 5.73 Å². The van der Waals surface area contributed by atoms with Crippen molar-refractivity contribution in [3.05, 3.63) is 96.1 Å². The van der Waals surface area contributed by atoms with E-state index in [-0.39, 0.29) is 43.4 Å². The van der Waals surface area contributed by atoms with Crippen LogP contribution in [0.15, 0.2) is 89.8 Å². The monoisotopic (exact) mass is 617 g/mol. The Hall–Kier alpha value is -4.94. The predicted molar refractivity (Wildman–Crippen MR) is 164 cm³/mol. The van der Waals surface area contributed by atoms with Gasteiger partial charge in [0.15, 0.2) is 0 Å². The standard InChI is InChI=1S/C32H31N3O8S/c33-30(36)16-15-28(31(37)38)35(18-17-34-27-13-5-12-25-24(27)11-6-14-29(25)44(40,41)42)32(39)43-19-26-22-9-3-1-7-20(22)21-8-2-4-10-23(21)26/h1-14,26,28,34H,15-19H2,(H2,33,36)(H,37,38)(H,40,41,42)/t28-/m0/s1. The van der Waals surface area contributed by atoms with Crippen molar-refractivity contribution >= 4 is 44.5 Å². The Morgan fingerprint density at radius 1 is 0.886 bits per heavy atom. The number of nitrogens with one attached hydrogen (secondary N) is 1. The fraction of sp³-hybridized carbons (Fsp3) is 0.219. The second-order valence-corrected chi connectivity index (χ2v) is 11.8. The minimum absolute atomic E-state index is 0.0271. The van der Waals surface area contributed by atoms with Crippen molar-refractivity contribution in [1.29, 1.82) is 0 Å². The minimum atomic E-state index is -4.48. The van der Waals surface area contributed by atoms with Crippen molar-refractivity contribution < 1.29 is 37.2 Å². The molecule has 1 aliphatic rings. The molecule has 0 fully saturated rings. The number of fused-ring (bicyclic) bond motifs is 4. The van der Waals surface area contributed by atoms with E-state index in [1.807, 2.05) is 48.5 Å². The summed E-state index contributed by atoms with van der Waals surface area (Å²) in [6.07, 6.45) is -1.32. The Morgan fingerprint density at radius 2 is 1.50 bits per heavy atom. The summed E-state index contributed by atoms with van der Waals surface area (Å²) in [4.78, 5) is 38.1. The number of carboxylic acids is 1. The molecule has 44 heavy (non-hydrogen) atoms. The van der Waals surface area contributed by atoms with Crippen LogP contribution in [0.25, 0.3) is 21.9 Å². The van der Waals surface area contributed by atoms with Crippen LogP contribution in [0.5, 0.6) is 0 Å². The highest BCUT2D eigenvalue weighted by atomic mass is 32.2. The van der Waals surface area contributed by atoms with Crippen LogP contribution in [0.2, 0.25) is 0 Å². The van der Waals surface area contributed by atoms with E-state index in [0.29, 0.717) is 16.5 Å². The van der Waals surface area contributed by atoms with Crippen LogP contribution in [0.3, 0.4) is 0 Å². The van der Waals surface area contributed by atoms with E-state index in [9.17, 15) is 32.5 Å². The smallest absolute Gasteiger partial charge is 0.410 e. The average Bonchev–Trinajstić information content (AvgIpc) is 3.31. The molecule has 0 radical (unpaired) electrons. The van der Waals surface area contributed by atoms with E-state index in [2.05, 4.69) is 5.32 Å². The minimum Gasteiger partial charge on any atom is -0.480 e. The zero-order valence-electron chi connectivity index (χ0n) is 23.5. The lowest BCUT2D eigenvalue weighted by atomic mass is 9.98. The van der Waals surface area contributed by atoms with Crippen LogP contribution in [0.4, 0.5) is 10.5 Å². The third-order valence-corrected chi connectivity index (χ3v) is 8.64. The number of hydrogen-bond donors (Lipinski definition) is 4. The van der Waals surface area contributed by atoms with Gasteiger partial charge in [-0.2, -0.15) is 8.42 Å². The summed E-state index contributed by atoms with van der Waals surface area (Å²) in [7, 11) is -4.48. The second-order valence-electron chi connectivity index (χ2n) is 10.4. The quantitative estimate of drug-likeness (QED) is 0.167. The van der Waals surface area contributed by atoms with Gasteiger partial charge < -0.3 is 20.9 Å². The van der Waals surface area contributed by atoms with Crippen molar-refractivity contribution in [1.82, 2.24) is 4.90 Å². The SMILES string of the molecule is NC(=O)CC[C@@H](C(=O)O)N(CCNc1cccc2c(S(=O)(=O)O)cccc12)C(=O)OCC1c2ccccc2-c2ccccc21. The summed E-state index contributed by atoms with van der Waals surface area (Å²) in [5, 5.41) is 13.9. The number of rotatable bonds is 12. The van der Waals surface area contributed by atoms with Crippen molar-refractivity contribution in [2.45, 2.75) is 29.7 Å². The Bertz CT molecular complexity index is 1800. The van der Waals surface area contributed by atoms with Crippen molar-refractivity contribution in [2.75, 3.05) is 25.0 Å². The molecule has 0 aliphatic heterocycles. The van der Waals surface area contributed by atoms with Gasteiger partial charge in [-0.1, -0.05) is 72.8 Å². The molecule has 0 saturated heterocycles. The summed E-state index contributed by atoms with van der Waals surface area (Å²) in [6.45, 7) is -0.0960. The number of ether oxygens (including phenoxy) is 1. The van der Waals surface area contributed by atoms with Crippen molar-refractivity contribution in [3.63, 3.8) is 0 Å². The van der Waals surface area contributed by atoms with Gasteiger partial charge in [-0.3, -0.25) is 14.2 Å². The van der Waals surface area contributed by atoms with Gasteiger partial charge in [-0.05, 0) is 40.8 Å². The Kier molecular flexibility index (Phi) is 8.83. The van der Waals surface area contributed by atoms with Gasteiger partial charge in [0, 0.05) is 41.9 Å². The fourth-order valence-electron chi connectivity index (χ4n) is 5.71. The lowest BCUT2D eigenvalue weighted by Crippen LogP contribution is -2.48. The molecular weight excluding hydrogens is 586 g/mol. The molecule has 1 atom stereocenters. The van der Waals surface area contributed by atoms with Gasteiger partial charge in [0.25, 0.3) is 10.1 Å². The van der Waals surface area contributed by atoms with Gasteiger partial charge in [0.05, 0.1) is 0 Å². The maximum Gasteiger partial charge on any atom is 0.410 e. The number of aliphatic carboxylic acids is 1. The predicted octanol–water partition coefficient (Wildman–Crippen LogP) is 4.47. The molecule has 0 bridgehead atoms. The van der Waals surface area contributed by atoms with E-state index in [0.717, 1.165) is 27.2 Å². The Labute approximate surface area is 254 Å². The molecule has 5 N–H and O–H groups in total. The van der Waals surface area contributed by atoms with Crippen LogP contribution in [-0.4, -0.2) is 66.7 Å². The molecule has 11 nitrogen and oxygen atoms in total. The molecule has 12 heteroatoms. The lowest BCUT2D eigenvalue weighted by molar-refractivity contribution is -0.143. The molecule has 1 aliphatic carbocycles. The second kappa shape index (κ2) is 12.7. The van der Waals surface area contributed by atoms with Crippen LogP contribution in [-0.2, 0) is 24.4 Å². The summed E-state index contributed by atoms with van der Waals surface area (Å²) in [6, 6.07) is 23.6. The number of amides is 2. The third kappa shape index (κ3) is 6.36. The first-order valence-electron chi connectivity index (χ1n) is 13.9. The molecule has 0 saturated carbocycles. The molecule has 0 heterocycles. The Morgan fingerprint density at radius 3 is 2.11 bits per heavy atom. The fourth-order valence-corrected chi connectivity index (χ4v) is 6.42. The van der Waals surface area contributed by atoms with Crippen LogP contribution < -0.4 is 11.1 Å². The summed E-state index contributed by atoms with van der Waals surface area (Å²) >= 11 is 0. The number of hydrogen-bond acceptors (Lipinski definition) is 7. The van der Waals surface area contributed by atoms with Gasteiger partial charge in [0.1, 0.15) is 17.5 Å². The first kappa shape index (κ1) is 30.5. The van der Waals surface area contributed by atoms with E-state index >= 15 is 0 Å². The normalized spacial score (nSPS) is 13.1. The van der Waals surface area contributed by atoms with E-state index in [1.165, 1.54) is 12.1 Å². The number of anilines is 1. The van der Waals surface area contributed by atoms with E-state index in [1.54, 1.807) is 24.3 Å². The maximum absolute atomic E-state index is 13.5. The number of nitrogens with zero attached hydrogens (tertiary/aromatic N) is 1. The topological polar surface area (TPSA) is 176 Å². The number of nitrogens with two attached hydrogens (primary N) is 1. The molecule has 4 aromatic carbocycles. The largest absolute Gasteiger partial charge is 0.480 e. The van der Waals surface area contributed by atoms with E-state index in [4.69, 9.17) is 10.5 Å². The van der Waals surface area contributed by atoms with Gasteiger partial charge >= 0.3 is 12.1 Å². The molecular formula is C32H31N3O8S. The number of benzene rings is 4. The maximum atomic E-state index is 13.5. The summed E-state index contributed by atoms with van der Waals surface area (Å²) in [5.74, 6) is -2.26. The number of carboxylic acid groups (broad SMARTS) is 1. The van der Waals surface area contributed by atoms with Gasteiger partial charge in [0.2, 0.25) is 5.91 Å². The van der Waals surface area contributed by atoms with Crippen molar-refractivity contribution in [3.8, 4) is 11.1 Å². The zero-order chi connectivity index (χ0) is 31.4.